The molecule has 5 N–H and O–H groups in total. The number of carboxylic acid groups (broad SMARTS) is 1. The fourth-order valence-corrected chi connectivity index (χ4v) is 4.24. The summed E-state index contributed by atoms with van der Waals surface area (Å²) >= 11 is 0. The maximum atomic E-state index is 12.6. The molecule has 0 heterocycles. The third-order valence-electron chi connectivity index (χ3n) is 5.16. The lowest BCUT2D eigenvalue weighted by atomic mass is 10.1. The monoisotopic (exact) mass is 530 g/mol. The molecule has 1 atom stereocenters. The van der Waals surface area contributed by atoms with Gasteiger partial charge >= 0.3 is 16.1 Å². The van der Waals surface area contributed by atoms with Gasteiger partial charge in [-0.3, -0.25) is 0 Å². The van der Waals surface area contributed by atoms with Gasteiger partial charge in [0.05, 0.1) is 6.10 Å². The fraction of sp³-hybridized carbons (Fsp3) is 0.269. The molecule has 0 aliphatic carbocycles. The summed E-state index contributed by atoms with van der Waals surface area (Å²) in [4.78, 5) is 10.6. The van der Waals surface area contributed by atoms with Gasteiger partial charge in [0.2, 0.25) is 0 Å². The molecule has 3 aromatic carbocycles. The predicted molar refractivity (Wildman–Crippen MR) is 136 cm³/mol. The molecule has 0 aliphatic heterocycles. The van der Waals surface area contributed by atoms with Crippen LogP contribution in [0.3, 0.4) is 0 Å². The quantitative estimate of drug-likeness (QED) is 0.169. The van der Waals surface area contributed by atoms with Gasteiger partial charge in [0.1, 0.15) is 28.8 Å². The molecule has 0 spiro atoms. The summed E-state index contributed by atoms with van der Waals surface area (Å²) in [6, 6.07) is 19.2. The summed E-state index contributed by atoms with van der Waals surface area (Å²) in [7, 11) is -4.05. The van der Waals surface area contributed by atoms with Crippen molar-refractivity contribution < 1.29 is 37.1 Å². The van der Waals surface area contributed by atoms with Crippen molar-refractivity contribution in [1.82, 2.24) is 5.32 Å². The van der Waals surface area contributed by atoms with Crippen LogP contribution in [0.25, 0.3) is 0 Å². The van der Waals surface area contributed by atoms with Crippen molar-refractivity contribution >= 4 is 16.1 Å². The number of aliphatic carboxylic acids is 1. The Morgan fingerprint density at radius 1 is 0.946 bits per heavy atom. The molecule has 0 fully saturated rings. The summed E-state index contributed by atoms with van der Waals surface area (Å²) < 4.78 is 40.8. The van der Waals surface area contributed by atoms with Crippen LogP contribution in [0.15, 0.2) is 77.7 Å². The number of rotatable bonds is 15. The highest BCUT2D eigenvalue weighted by atomic mass is 32.2. The van der Waals surface area contributed by atoms with Crippen molar-refractivity contribution in [1.29, 1.82) is 0 Å². The van der Waals surface area contributed by atoms with Crippen LogP contribution in [0.4, 0.5) is 0 Å². The smallest absolute Gasteiger partial charge is 0.341 e. The van der Waals surface area contributed by atoms with Gasteiger partial charge in [0.25, 0.3) is 0 Å². The van der Waals surface area contributed by atoms with Gasteiger partial charge in [-0.2, -0.15) is 8.42 Å². The first-order valence-corrected chi connectivity index (χ1v) is 13.0. The van der Waals surface area contributed by atoms with Crippen molar-refractivity contribution in [3.05, 3.63) is 83.9 Å². The largest absolute Gasteiger partial charge is 0.492 e. The molecule has 3 aromatic rings. The number of aliphatic hydroxyl groups excluding tert-OH is 1. The molecule has 0 saturated heterocycles. The van der Waals surface area contributed by atoms with E-state index in [-0.39, 0.29) is 16.4 Å². The molecule has 0 aromatic heterocycles. The van der Waals surface area contributed by atoms with Crippen LogP contribution in [-0.4, -0.2) is 57.4 Å². The molecule has 37 heavy (non-hydrogen) atoms. The Kier molecular flexibility index (Phi) is 10.3. The first-order chi connectivity index (χ1) is 17.8. The summed E-state index contributed by atoms with van der Waals surface area (Å²) in [6.45, 7) is 1.25. The van der Waals surface area contributed by atoms with Crippen LogP contribution < -0.4 is 24.7 Å². The van der Waals surface area contributed by atoms with Gasteiger partial charge in [0.15, 0.2) is 6.61 Å². The van der Waals surface area contributed by atoms with E-state index in [0.717, 1.165) is 11.1 Å². The zero-order valence-electron chi connectivity index (χ0n) is 20.1. The summed E-state index contributed by atoms with van der Waals surface area (Å²) in [5.41, 5.74) is 7.10. The number of nitrogens with two attached hydrogens (primary N) is 1. The number of hydrogen-bond acceptors (Lipinski definition) is 9. The summed E-state index contributed by atoms with van der Waals surface area (Å²) in [5.74, 6) is -0.105. The predicted octanol–water partition coefficient (Wildman–Crippen LogP) is 2.12. The molecule has 0 radical (unpaired) electrons. The number of carbonyl (C=O) groups is 1. The van der Waals surface area contributed by atoms with Crippen LogP contribution in [0.2, 0.25) is 0 Å². The number of carboxylic acids is 1. The standard InChI is InChI=1S/C26H30N2O8S/c27-13-15-34-23-3-1-2-20(16-23)25(29)17-28-14-12-19-4-10-24(11-5-19)37(32,33)36-22-8-6-21(7-9-22)35-18-26(30)31/h1-11,16,25,28-29H,12-15,17-18,27H2,(H,30,31). The minimum absolute atomic E-state index is 0.00238. The second kappa shape index (κ2) is 13.6. The zero-order chi connectivity index (χ0) is 26.7. The van der Waals surface area contributed by atoms with Crippen LogP contribution in [0.1, 0.15) is 17.2 Å². The Bertz CT molecular complexity index is 1250. The van der Waals surface area contributed by atoms with Gasteiger partial charge < -0.3 is 34.9 Å². The van der Waals surface area contributed by atoms with Gasteiger partial charge in [-0.15, -0.1) is 0 Å². The maximum absolute atomic E-state index is 12.6. The van der Waals surface area contributed by atoms with Crippen LogP contribution in [0.5, 0.6) is 17.2 Å². The first-order valence-electron chi connectivity index (χ1n) is 11.6. The van der Waals surface area contributed by atoms with Gasteiger partial charge in [-0.1, -0.05) is 24.3 Å². The van der Waals surface area contributed by atoms with E-state index in [1.165, 1.54) is 36.4 Å². The average molecular weight is 531 g/mol. The first kappa shape index (κ1) is 27.9. The highest BCUT2D eigenvalue weighted by molar-refractivity contribution is 7.87. The van der Waals surface area contributed by atoms with E-state index >= 15 is 0 Å². The molecular weight excluding hydrogens is 500 g/mol. The minimum Gasteiger partial charge on any atom is -0.492 e. The Hall–Kier alpha value is -3.64. The molecule has 3 rings (SSSR count). The fourth-order valence-electron chi connectivity index (χ4n) is 3.31. The molecule has 0 bridgehead atoms. The van der Waals surface area contributed by atoms with Crippen LogP contribution >= 0.6 is 0 Å². The molecule has 11 heteroatoms. The lowest BCUT2D eigenvalue weighted by Gasteiger charge is -2.14. The van der Waals surface area contributed by atoms with Crippen molar-refractivity contribution in [2.24, 2.45) is 5.73 Å². The van der Waals surface area contributed by atoms with Gasteiger partial charge in [-0.05, 0) is 72.6 Å². The van der Waals surface area contributed by atoms with E-state index in [1.807, 2.05) is 18.2 Å². The molecule has 0 aliphatic rings. The highest BCUT2D eigenvalue weighted by Gasteiger charge is 2.17. The second-order valence-corrected chi connectivity index (χ2v) is 9.56. The third kappa shape index (κ3) is 9.07. The van der Waals surface area contributed by atoms with E-state index < -0.39 is 28.8 Å². The number of ether oxygens (including phenoxy) is 2. The zero-order valence-corrected chi connectivity index (χ0v) is 20.9. The van der Waals surface area contributed by atoms with Crippen LogP contribution in [-0.2, 0) is 21.3 Å². The van der Waals surface area contributed by atoms with Gasteiger partial charge in [0, 0.05) is 13.1 Å². The summed E-state index contributed by atoms with van der Waals surface area (Å²) in [6.07, 6.45) is -0.0744. The number of hydrogen-bond donors (Lipinski definition) is 4. The van der Waals surface area contributed by atoms with E-state index in [1.54, 1.807) is 18.2 Å². The molecule has 1 unspecified atom stereocenters. The van der Waals surface area contributed by atoms with Crippen molar-refractivity contribution in [2.75, 3.05) is 32.8 Å². The minimum atomic E-state index is -4.05. The second-order valence-electron chi connectivity index (χ2n) is 8.01. The van der Waals surface area contributed by atoms with E-state index in [4.69, 9.17) is 24.5 Å². The number of nitrogens with one attached hydrogen (secondary N) is 1. The van der Waals surface area contributed by atoms with Crippen LogP contribution in [0, 0.1) is 0 Å². The molecule has 198 valence electrons. The van der Waals surface area contributed by atoms with Crippen molar-refractivity contribution in [3.63, 3.8) is 0 Å². The van der Waals surface area contributed by atoms with Crippen molar-refractivity contribution in [3.8, 4) is 17.2 Å². The SMILES string of the molecule is NCCOc1cccc(C(O)CNCCc2ccc(S(=O)(=O)Oc3ccc(OCC(=O)O)cc3)cc2)c1. The third-order valence-corrected chi connectivity index (χ3v) is 6.42. The summed E-state index contributed by atoms with van der Waals surface area (Å²) in [5, 5.41) is 22.3. The average Bonchev–Trinajstić information content (AvgIpc) is 2.89. The Labute approximate surface area is 215 Å². The topological polar surface area (TPSA) is 157 Å². The molecular formula is C26H30N2O8S. The molecule has 10 nitrogen and oxygen atoms in total. The highest BCUT2D eigenvalue weighted by Crippen LogP contribution is 2.22. The molecule has 0 amide bonds. The number of aliphatic hydroxyl groups is 1. The Morgan fingerprint density at radius 3 is 2.32 bits per heavy atom. The normalized spacial score (nSPS) is 12.1. The lowest BCUT2D eigenvalue weighted by Crippen LogP contribution is -2.23. The molecule has 0 saturated carbocycles. The van der Waals surface area contributed by atoms with E-state index in [9.17, 15) is 18.3 Å². The Morgan fingerprint density at radius 2 is 1.65 bits per heavy atom. The van der Waals surface area contributed by atoms with E-state index in [2.05, 4.69) is 5.32 Å². The lowest BCUT2D eigenvalue weighted by molar-refractivity contribution is -0.139. The Balaban J connectivity index is 1.46. The van der Waals surface area contributed by atoms with Gasteiger partial charge in [-0.25, -0.2) is 4.79 Å². The van der Waals surface area contributed by atoms with Crippen molar-refractivity contribution in [2.45, 2.75) is 17.4 Å². The van der Waals surface area contributed by atoms with E-state index in [0.29, 0.717) is 38.4 Å². The maximum Gasteiger partial charge on any atom is 0.341 e. The number of benzene rings is 3.